The van der Waals surface area contributed by atoms with Crippen LogP contribution >= 0.6 is 30.1 Å². The van der Waals surface area contributed by atoms with Crippen LogP contribution in [0.3, 0.4) is 0 Å². The summed E-state index contributed by atoms with van der Waals surface area (Å²) in [6, 6.07) is 0. The van der Waals surface area contributed by atoms with Crippen LogP contribution in [0, 0.1) is 11.2 Å². The van der Waals surface area contributed by atoms with Crippen molar-refractivity contribution in [3.8, 4) is 11.2 Å². The van der Waals surface area contributed by atoms with Gasteiger partial charge in [0.1, 0.15) is 5.60 Å². The Balaban J connectivity index is 2.49. The van der Waals surface area contributed by atoms with Gasteiger partial charge in [0, 0.05) is 34.0 Å². The van der Waals surface area contributed by atoms with Gasteiger partial charge in [-0.05, 0) is 14.2 Å². The molecule has 1 aliphatic heterocycles. The molecule has 0 amide bonds. The summed E-state index contributed by atoms with van der Waals surface area (Å²) in [5, 5.41) is 12.5. The van der Waals surface area contributed by atoms with Crippen LogP contribution in [0.5, 0.6) is 0 Å². The fourth-order valence-corrected chi connectivity index (χ4v) is 1.51. The molecule has 0 atom stereocenters. The second-order valence-electron chi connectivity index (χ2n) is 2.45. The van der Waals surface area contributed by atoms with Gasteiger partial charge in [-0.25, -0.2) is 0 Å². The molecule has 1 rings (SSSR count). The topological polar surface area (TPSA) is 29.5 Å². The molecule has 0 aromatic heterocycles. The van der Waals surface area contributed by atoms with E-state index in [4.69, 9.17) is 4.74 Å². The van der Waals surface area contributed by atoms with Gasteiger partial charge in [0.25, 0.3) is 0 Å². The highest BCUT2D eigenvalue weighted by atomic mass is 127. The molecule has 1 aliphatic rings. The standard InChI is InChI=1S/C7H9IO2S/c8-11-6-3-7(9)1-4-10-5-2-7/h9H,1-2,4-5H2. The van der Waals surface area contributed by atoms with Crippen molar-refractivity contribution in [1.82, 2.24) is 0 Å². The Hall–Kier alpha value is 0.560. The molecule has 0 saturated carbocycles. The summed E-state index contributed by atoms with van der Waals surface area (Å²) in [5.74, 6) is 2.83. The summed E-state index contributed by atoms with van der Waals surface area (Å²) >= 11 is 2.09. The first-order chi connectivity index (χ1) is 5.27. The molecule has 0 aliphatic carbocycles. The normalized spacial score (nSPS) is 22.0. The van der Waals surface area contributed by atoms with Gasteiger partial charge in [0.2, 0.25) is 0 Å². The lowest BCUT2D eigenvalue weighted by Gasteiger charge is -2.26. The zero-order valence-corrected chi connectivity index (χ0v) is 8.94. The summed E-state index contributed by atoms with van der Waals surface area (Å²) in [4.78, 5) is 0. The average molecular weight is 284 g/mol. The highest BCUT2D eigenvalue weighted by Crippen LogP contribution is 2.20. The molecule has 1 fully saturated rings. The van der Waals surface area contributed by atoms with E-state index in [1.165, 1.54) is 8.93 Å². The van der Waals surface area contributed by atoms with Crippen LogP contribution in [-0.2, 0) is 4.74 Å². The van der Waals surface area contributed by atoms with Gasteiger partial charge >= 0.3 is 0 Å². The zero-order valence-electron chi connectivity index (χ0n) is 5.97. The fraction of sp³-hybridized carbons (Fsp3) is 0.714. The SMILES string of the molecule is OC1(C#CSI)CCOCC1. The van der Waals surface area contributed by atoms with E-state index in [0.717, 1.165) is 0 Å². The van der Waals surface area contributed by atoms with Crippen LogP contribution in [0.1, 0.15) is 12.8 Å². The molecule has 62 valence electrons. The van der Waals surface area contributed by atoms with Crippen LogP contribution in [-0.4, -0.2) is 23.9 Å². The molecule has 0 aromatic carbocycles. The van der Waals surface area contributed by atoms with E-state index in [9.17, 15) is 5.11 Å². The predicted octanol–water partition coefficient (Wildman–Crippen LogP) is 1.57. The Morgan fingerprint density at radius 2 is 2.09 bits per heavy atom. The first-order valence-electron chi connectivity index (χ1n) is 3.37. The van der Waals surface area contributed by atoms with Gasteiger partial charge in [-0.2, -0.15) is 0 Å². The summed E-state index contributed by atoms with van der Waals surface area (Å²) < 4.78 is 5.11. The number of hydrogen-bond donors (Lipinski definition) is 1. The minimum Gasteiger partial charge on any atom is -0.381 e. The highest BCUT2D eigenvalue weighted by molar-refractivity contribution is 14.2. The molecule has 1 N–H and O–H groups in total. The van der Waals surface area contributed by atoms with Crippen molar-refractivity contribution in [1.29, 1.82) is 0 Å². The van der Waals surface area contributed by atoms with Gasteiger partial charge in [-0.1, -0.05) is 5.92 Å². The minimum absolute atomic E-state index is 0.622. The van der Waals surface area contributed by atoms with Crippen molar-refractivity contribution in [2.75, 3.05) is 13.2 Å². The molecule has 0 spiro atoms. The lowest BCUT2D eigenvalue weighted by molar-refractivity contribution is -0.0261. The van der Waals surface area contributed by atoms with Crippen molar-refractivity contribution >= 4 is 30.1 Å². The van der Waals surface area contributed by atoms with Crippen LogP contribution in [0.4, 0.5) is 0 Å². The van der Waals surface area contributed by atoms with Crippen LogP contribution in [0.2, 0.25) is 0 Å². The van der Waals surface area contributed by atoms with E-state index in [-0.39, 0.29) is 0 Å². The van der Waals surface area contributed by atoms with E-state index in [0.29, 0.717) is 26.1 Å². The molecule has 2 nitrogen and oxygen atoms in total. The van der Waals surface area contributed by atoms with Gasteiger partial charge in [0.15, 0.2) is 0 Å². The van der Waals surface area contributed by atoms with E-state index < -0.39 is 5.60 Å². The molecule has 1 heterocycles. The van der Waals surface area contributed by atoms with Gasteiger partial charge < -0.3 is 9.84 Å². The van der Waals surface area contributed by atoms with Crippen LogP contribution < -0.4 is 0 Å². The largest absolute Gasteiger partial charge is 0.381 e. The molecule has 1 saturated heterocycles. The summed E-state index contributed by atoms with van der Waals surface area (Å²) in [6.07, 6.45) is 1.27. The number of rotatable bonds is 0. The van der Waals surface area contributed by atoms with Crippen LogP contribution in [0.15, 0.2) is 0 Å². The van der Waals surface area contributed by atoms with Crippen molar-refractivity contribution in [2.45, 2.75) is 18.4 Å². The molecule has 11 heavy (non-hydrogen) atoms. The first-order valence-corrected chi connectivity index (χ1v) is 6.73. The van der Waals surface area contributed by atoms with E-state index >= 15 is 0 Å². The van der Waals surface area contributed by atoms with Gasteiger partial charge in [-0.3, -0.25) is 0 Å². The maximum atomic E-state index is 9.73. The number of ether oxygens (including phenoxy) is 1. The Morgan fingerprint density at radius 1 is 1.45 bits per heavy atom. The fourth-order valence-electron chi connectivity index (χ4n) is 0.948. The van der Waals surface area contributed by atoms with Crippen molar-refractivity contribution in [3.63, 3.8) is 0 Å². The molecular weight excluding hydrogens is 275 g/mol. The van der Waals surface area contributed by atoms with Gasteiger partial charge in [0.05, 0.1) is 13.2 Å². The smallest absolute Gasteiger partial charge is 0.130 e. The Kier molecular flexibility index (Phi) is 3.99. The maximum absolute atomic E-state index is 9.73. The summed E-state index contributed by atoms with van der Waals surface area (Å²) in [7, 11) is 1.40. The highest BCUT2D eigenvalue weighted by Gasteiger charge is 2.27. The van der Waals surface area contributed by atoms with E-state index in [1.54, 1.807) is 0 Å². The molecular formula is C7H9IO2S. The lowest BCUT2D eigenvalue weighted by Crippen LogP contribution is -2.34. The van der Waals surface area contributed by atoms with Crippen molar-refractivity contribution in [3.05, 3.63) is 0 Å². The third kappa shape index (κ3) is 3.20. The molecule has 0 bridgehead atoms. The average Bonchev–Trinajstić information content (AvgIpc) is 2.03. The van der Waals surface area contributed by atoms with E-state index in [2.05, 4.69) is 32.4 Å². The van der Waals surface area contributed by atoms with E-state index in [1.807, 2.05) is 0 Å². The first kappa shape index (κ1) is 9.65. The summed E-state index contributed by atoms with van der Waals surface area (Å²) in [6.45, 7) is 1.24. The Morgan fingerprint density at radius 3 is 2.64 bits per heavy atom. The molecule has 0 radical (unpaired) electrons. The second kappa shape index (κ2) is 4.55. The lowest BCUT2D eigenvalue weighted by atomic mass is 9.96. The molecule has 0 aromatic rings. The predicted molar refractivity (Wildman–Crippen MR) is 54.4 cm³/mol. The number of hydrogen-bond acceptors (Lipinski definition) is 3. The quantitative estimate of drug-likeness (QED) is 0.541. The third-order valence-corrected chi connectivity index (χ3v) is 2.48. The number of halogens is 1. The van der Waals surface area contributed by atoms with Crippen molar-refractivity contribution in [2.24, 2.45) is 0 Å². The summed E-state index contributed by atoms with van der Waals surface area (Å²) in [5.41, 5.74) is -0.781. The third-order valence-electron chi connectivity index (χ3n) is 1.64. The number of aliphatic hydroxyl groups is 1. The van der Waals surface area contributed by atoms with Gasteiger partial charge in [-0.15, -0.1) is 0 Å². The second-order valence-corrected chi connectivity index (χ2v) is 4.13. The van der Waals surface area contributed by atoms with Crippen molar-refractivity contribution < 1.29 is 9.84 Å². The van der Waals surface area contributed by atoms with Crippen LogP contribution in [0.25, 0.3) is 0 Å². The zero-order chi connectivity index (χ0) is 8.16. The maximum Gasteiger partial charge on any atom is 0.130 e. The molecule has 4 heteroatoms. The monoisotopic (exact) mass is 284 g/mol. The minimum atomic E-state index is -0.781. The Bertz CT molecular complexity index is 179. The Labute approximate surface area is 82.7 Å². The molecule has 0 unspecified atom stereocenters.